The second-order valence-corrected chi connectivity index (χ2v) is 4.85. The molecule has 2 atom stereocenters. The molecule has 4 heteroatoms. The second kappa shape index (κ2) is 5.40. The smallest absolute Gasteiger partial charge is 0.337 e. The van der Waals surface area contributed by atoms with Crippen molar-refractivity contribution in [2.24, 2.45) is 0 Å². The van der Waals surface area contributed by atoms with Crippen molar-refractivity contribution in [1.82, 2.24) is 0 Å². The Morgan fingerprint density at radius 1 is 1.50 bits per heavy atom. The van der Waals surface area contributed by atoms with E-state index in [1.165, 1.54) is 0 Å². The van der Waals surface area contributed by atoms with Crippen LogP contribution in [0.25, 0.3) is 0 Å². The molecular formula is C14H19NO3. The maximum atomic E-state index is 11.2. The average molecular weight is 249 g/mol. The number of aryl methyl sites for hydroxylation is 1. The predicted octanol–water partition coefficient (Wildman–Crippen LogP) is 2.67. The van der Waals surface area contributed by atoms with E-state index in [2.05, 4.69) is 5.32 Å². The molecule has 0 aliphatic carbocycles. The molecule has 2 rings (SSSR count). The van der Waals surface area contributed by atoms with Crippen molar-refractivity contribution >= 4 is 11.7 Å². The molecule has 4 nitrogen and oxygen atoms in total. The summed E-state index contributed by atoms with van der Waals surface area (Å²) in [5.41, 5.74) is 2.05. The number of para-hydroxylation sites is 1. The molecule has 1 aliphatic rings. The Morgan fingerprint density at radius 3 is 2.94 bits per heavy atom. The third-order valence-electron chi connectivity index (χ3n) is 3.34. The van der Waals surface area contributed by atoms with Crippen LogP contribution in [0, 0.1) is 6.92 Å². The van der Waals surface area contributed by atoms with Gasteiger partial charge in [0.1, 0.15) is 0 Å². The van der Waals surface area contributed by atoms with Crippen LogP contribution in [0.15, 0.2) is 18.2 Å². The first-order valence-corrected chi connectivity index (χ1v) is 6.29. The maximum absolute atomic E-state index is 11.2. The highest BCUT2D eigenvalue weighted by Crippen LogP contribution is 2.25. The monoisotopic (exact) mass is 249 g/mol. The van der Waals surface area contributed by atoms with E-state index < -0.39 is 5.97 Å². The van der Waals surface area contributed by atoms with Crippen molar-refractivity contribution in [3.63, 3.8) is 0 Å². The topological polar surface area (TPSA) is 58.6 Å². The standard InChI is InChI=1S/C14H19NO3/c1-9-4-3-5-12(14(16)17)13(9)15-11-6-7-18-10(2)8-11/h3-5,10-11,15H,6-8H2,1-2H3,(H,16,17). The molecule has 0 saturated carbocycles. The van der Waals surface area contributed by atoms with Crippen LogP contribution in [0.5, 0.6) is 0 Å². The van der Waals surface area contributed by atoms with Crippen LogP contribution >= 0.6 is 0 Å². The van der Waals surface area contributed by atoms with Gasteiger partial charge in [-0.25, -0.2) is 4.79 Å². The summed E-state index contributed by atoms with van der Waals surface area (Å²) in [6, 6.07) is 5.63. The Hall–Kier alpha value is -1.55. The van der Waals surface area contributed by atoms with Gasteiger partial charge >= 0.3 is 5.97 Å². The highest BCUT2D eigenvalue weighted by Gasteiger charge is 2.21. The minimum Gasteiger partial charge on any atom is -0.478 e. The predicted molar refractivity (Wildman–Crippen MR) is 70.2 cm³/mol. The van der Waals surface area contributed by atoms with Crippen molar-refractivity contribution in [2.45, 2.75) is 38.8 Å². The molecule has 1 saturated heterocycles. The summed E-state index contributed by atoms with van der Waals surface area (Å²) in [5, 5.41) is 12.6. The molecule has 0 spiro atoms. The largest absolute Gasteiger partial charge is 0.478 e. The molecular weight excluding hydrogens is 230 g/mol. The summed E-state index contributed by atoms with van der Waals surface area (Å²) in [4.78, 5) is 11.2. The van der Waals surface area contributed by atoms with E-state index in [-0.39, 0.29) is 12.1 Å². The van der Waals surface area contributed by atoms with Gasteiger partial charge in [-0.05, 0) is 38.3 Å². The number of hydrogen-bond donors (Lipinski definition) is 2. The summed E-state index contributed by atoms with van der Waals surface area (Å²) in [6.07, 6.45) is 2.05. The third kappa shape index (κ3) is 2.82. The van der Waals surface area contributed by atoms with Gasteiger partial charge in [0.25, 0.3) is 0 Å². The molecule has 1 aromatic rings. The highest BCUT2D eigenvalue weighted by molar-refractivity contribution is 5.95. The van der Waals surface area contributed by atoms with Gasteiger partial charge in [0.2, 0.25) is 0 Å². The Balaban J connectivity index is 2.20. The van der Waals surface area contributed by atoms with Gasteiger partial charge in [0, 0.05) is 12.6 Å². The van der Waals surface area contributed by atoms with Crippen LogP contribution in [0.3, 0.4) is 0 Å². The second-order valence-electron chi connectivity index (χ2n) is 4.85. The lowest BCUT2D eigenvalue weighted by molar-refractivity contribution is 0.0232. The number of rotatable bonds is 3. The van der Waals surface area contributed by atoms with Crippen molar-refractivity contribution < 1.29 is 14.6 Å². The SMILES string of the molecule is Cc1cccc(C(=O)O)c1NC1CCOC(C)C1. The van der Waals surface area contributed by atoms with Crippen LogP contribution in [0.1, 0.15) is 35.7 Å². The van der Waals surface area contributed by atoms with Gasteiger partial charge in [-0.3, -0.25) is 0 Å². The van der Waals surface area contributed by atoms with E-state index in [4.69, 9.17) is 4.74 Å². The number of carbonyl (C=O) groups is 1. The molecule has 1 aliphatic heterocycles. The van der Waals surface area contributed by atoms with Gasteiger partial charge in [0.05, 0.1) is 17.4 Å². The fraction of sp³-hybridized carbons (Fsp3) is 0.500. The van der Waals surface area contributed by atoms with Gasteiger partial charge in [-0.1, -0.05) is 12.1 Å². The molecule has 1 aromatic carbocycles. The zero-order valence-corrected chi connectivity index (χ0v) is 10.8. The third-order valence-corrected chi connectivity index (χ3v) is 3.34. The van der Waals surface area contributed by atoms with Crippen molar-refractivity contribution in [3.8, 4) is 0 Å². The molecule has 2 unspecified atom stereocenters. The van der Waals surface area contributed by atoms with E-state index in [9.17, 15) is 9.90 Å². The Bertz CT molecular complexity index is 445. The number of aromatic carboxylic acids is 1. The summed E-state index contributed by atoms with van der Waals surface area (Å²) < 4.78 is 5.50. The van der Waals surface area contributed by atoms with Gasteiger partial charge in [-0.15, -0.1) is 0 Å². The Labute approximate surface area is 107 Å². The zero-order valence-electron chi connectivity index (χ0n) is 10.8. The fourth-order valence-electron chi connectivity index (χ4n) is 2.37. The lowest BCUT2D eigenvalue weighted by atomic mass is 10.0. The van der Waals surface area contributed by atoms with E-state index >= 15 is 0 Å². The molecule has 98 valence electrons. The molecule has 0 amide bonds. The minimum absolute atomic E-state index is 0.230. The van der Waals surface area contributed by atoms with Gasteiger partial charge in [0.15, 0.2) is 0 Å². The average Bonchev–Trinajstić information content (AvgIpc) is 2.31. The summed E-state index contributed by atoms with van der Waals surface area (Å²) >= 11 is 0. The van der Waals surface area contributed by atoms with Crippen molar-refractivity contribution in [2.75, 3.05) is 11.9 Å². The van der Waals surface area contributed by atoms with Gasteiger partial charge < -0.3 is 15.2 Å². The van der Waals surface area contributed by atoms with Crippen molar-refractivity contribution in [3.05, 3.63) is 29.3 Å². The highest BCUT2D eigenvalue weighted by atomic mass is 16.5. The van der Waals surface area contributed by atoms with Gasteiger partial charge in [-0.2, -0.15) is 0 Å². The zero-order chi connectivity index (χ0) is 13.1. The van der Waals surface area contributed by atoms with Crippen LogP contribution in [-0.4, -0.2) is 29.8 Å². The molecule has 2 N–H and O–H groups in total. The number of benzene rings is 1. The lowest BCUT2D eigenvalue weighted by Crippen LogP contribution is -2.33. The summed E-state index contributed by atoms with van der Waals surface area (Å²) in [5.74, 6) is -0.888. The number of carboxylic acid groups (broad SMARTS) is 1. The van der Waals surface area contributed by atoms with Crippen LogP contribution in [0.4, 0.5) is 5.69 Å². The number of ether oxygens (including phenoxy) is 1. The molecule has 0 radical (unpaired) electrons. The van der Waals surface area contributed by atoms with Crippen LogP contribution in [0.2, 0.25) is 0 Å². The Morgan fingerprint density at radius 2 is 2.28 bits per heavy atom. The molecule has 18 heavy (non-hydrogen) atoms. The molecule has 1 heterocycles. The lowest BCUT2D eigenvalue weighted by Gasteiger charge is -2.29. The first-order valence-electron chi connectivity index (χ1n) is 6.29. The normalized spacial score (nSPS) is 23.7. The first kappa shape index (κ1) is 12.9. The van der Waals surface area contributed by atoms with E-state index in [0.29, 0.717) is 5.56 Å². The molecule has 0 aromatic heterocycles. The van der Waals surface area contributed by atoms with Crippen molar-refractivity contribution in [1.29, 1.82) is 0 Å². The number of carboxylic acids is 1. The first-order chi connectivity index (χ1) is 8.58. The molecule has 0 bridgehead atoms. The molecule has 1 fully saturated rings. The number of hydrogen-bond acceptors (Lipinski definition) is 3. The van der Waals surface area contributed by atoms with Crippen LogP contribution < -0.4 is 5.32 Å². The number of anilines is 1. The van der Waals surface area contributed by atoms with Crippen LogP contribution in [-0.2, 0) is 4.74 Å². The quantitative estimate of drug-likeness (QED) is 0.864. The minimum atomic E-state index is -0.888. The van der Waals surface area contributed by atoms with E-state index in [1.54, 1.807) is 12.1 Å². The summed E-state index contributed by atoms with van der Waals surface area (Å²) in [6.45, 7) is 4.70. The number of nitrogens with one attached hydrogen (secondary N) is 1. The van der Waals surface area contributed by atoms with E-state index in [1.807, 2.05) is 19.9 Å². The maximum Gasteiger partial charge on any atom is 0.337 e. The summed E-state index contributed by atoms with van der Waals surface area (Å²) in [7, 11) is 0. The fourth-order valence-corrected chi connectivity index (χ4v) is 2.37. The Kier molecular flexibility index (Phi) is 3.87. The van der Waals surface area contributed by atoms with E-state index in [0.717, 1.165) is 30.7 Å².